The summed E-state index contributed by atoms with van der Waals surface area (Å²) in [6.45, 7) is 0. The Morgan fingerprint density at radius 1 is 0.339 bits per heavy atom. The van der Waals surface area contributed by atoms with Crippen molar-refractivity contribution in [1.82, 2.24) is 15.0 Å². The van der Waals surface area contributed by atoms with Crippen molar-refractivity contribution in [1.29, 1.82) is 0 Å². The minimum Gasteiger partial charge on any atom is -0.455 e. The van der Waals surface area contributed by atoms with Gasteiger partial charge in [0.2, 0.25) is 0 Å². The van der Waals surface area contributed by atoms with Crippen LogP contribution in [0.25, 0.3) is 110 Å². The highest BCUT2D eigenvalue weighted by molar-refractivity contribution is 7.26. The second-order valence-corrected chi connectivity index (χ2v) is 15.1. The summed E-state index contributed by atoms with van der Waals surface area (Å²) >= 11 is 1.79. The third-order valence-corrected chi connectivity index (χ3v) is 11.7. The Balaban J connectivity index is 1.08. The lowest BCUT2D eigenvalue weighted by molar-refractivity contribution is 0.670. The number of furan rings is 1. The van der Waals surface area contributed by atoms with Crippen LogP contribution in [0.4, 0.5) is 0 Å². The molecule has 3 aromatic heterocycles. The van der Waals surface area contributed by atoms with Gasteiger partial charge >= 0.3 is 0 Å². The smallest absolute Gasteiger partial charge is 0.164 e. The first kappa shape index (κ1) is 32.2. The number of rotatable bonds is 6. The van der Waals surface area contributed by atoms with Crippen molar-refractivity contribution < 1.29 is 4.42 Å². The van der Waals surface area contributed by atoms with Crippen LogP contribution in [0.15, 0.2) is 192 Å². The molecule has 0 amide bonds. The number of thiophene rings is 1. The van der Waals surface area contributed by atoms with Crippen LogP contribution >= 0.6 is 11.3 Å². The third-order valence-electron chi connectivity index (χ3n) is 10.5. The normalized spacial score (nSPS) is 11.6. The maximum atomic E-state index is 6.70. The van der Waals surface area contributed by atoms with Gasteiger partial charge in [0.05, 0.1) is 0 Å². The summed E-state index contributed by atoms with van der Waals surface area (Å²) in [6.07, 6.45) is 0. The molecular formula is C51H31N3OS. The summed E-state index contributed by atoms with van der Waals surface area (Å²) in [5.74, 6) is 1.95. The highest BCUT2D eigenvalue weighted by Crippen LogP contribution is 2.46. The van der Waals surface area contributed by atoms with Gasteiger partial charge in [-0.25, -0.2) is 15.0 Å². The van der Waals surface area contributed by atoms with Crippen LogP contribution in [0.5, 0.6) is 0 Å². The zero-order valence-electron chi connectivity index (χ0n) is 30.1. The molecule has 5 heteroatoms. The van der Waals surface area contributed by atoms with Crippen molar-refractivity contribution in [3.05, 3.63) is 188 Å². The van der Waals surface area contributed by atoms with Gasteiger partial charge in [0.1, 0.15) is 11.2 Å². The van der Waals surface area contributed by atoms with Gasteiger partial charge in [0, 0.05) is 53.2 Å². The van der Waals surface area contributed by atoms with E-state index in [0.717, 1.165) is 60.9 Å². The lowest BCUT2D eigenvalue weighted by Crippen LogP contribution is -1.99. The van der Waals surface area contributed by atoms with E-state index < -0.39 is 0 Å². The number of para-hydroxylation sites is 1. The first-order valence-electron chi connectivity index (χ1n) is 18.7. The predicted molar refractivity (Wildman–Crippen MR) is 233 cm³/mol. The highest BCUT2D eigenvalue weighted by Gasteiger charge is 2.20. The second kappa shape index (κ2) is 13.3. The summed E-state index contributed by atoms with van der Waals surface area (Å²) in [5.41, 5.74) is 11.6. The fraction of sp³-hybridized carbons (Fsp3) is 0. The van der Waals surface area contributed by atoms with Gasteiger partial charge in [-0.05, 0) is 58.1 Å². The predicted octanol–water partition coefficient (Wildman–Crippen LogP) is 14.1. The summed E-state index contributed by atoms with van der Waals surface area (Å²) in [7, 11) is 0. The number of hydrogen-bond donors (Lipinski definition) is 0. The number of nitrogens with zero attached hydrogens (tertiary/aromatic N) is 3. The SMILES string of the molecule is c1ccc(-c2ccc(-c3cc(-c4cccc5sc6cc(-c7nc(-c8ccccc8)nc(-c8ccccc8)n7)ccc6c45)c4oc5ccccc5c4c3)cc2)cc1. The minimum atomic E-state index is 0.646. The Morgan fingerprint density at radius 2 is 0.893 bits per heavy atom. The maximum Gasteiger partial charge on any atom is 0.164 e. The molecule has 0 saturated heterocycles. The highest BCUT2D eigenvalue weighted by atomic mass is 32.1. The fourth-order valence-corrected chi connectivity index (χ4v) is 8.98. The third kappa shape index (κ3) is 5.56. The van der Waals surface area contributed by atoms with Crippen molar-refractivity contribution in [2.45, 2.75) is 0 Å². The second-order valence-electron chi connectivity index (χ2n) is 14.0. The average molecular weight is 734 g/mol. The lowest BCUT2D eigenvalue weighted by Gasteiger charge is -2.11. The van der Waals surface area contributed by atoms with E-state index >= 15 is 0 Å². The van der Waals surface area contributed by atoms with Crippen LogP contribution in [0.3, 0.4) is 0 Å². The van der Waals surface area contributed by atoms with Gasteiger partial charge in [-0.15, -0.1) is 11.3 Å². The zero-order valence-corrected chi connectivity index (χ0v) is 30.9. The average Bonchev–Trinajstić information content (AvgIpc) is 3.85. The first-order chi connectivity index (χ1) is 27.7. The van der Waals surface area contributed by atoms with E-state index in [1.165, 1.54) is 31.3 Å². The van der Waals surface area contributed by atoms with E-state index in [4.69, 9.17) is 19.4 Å². The van der Waals surface area contributed by atoms with Crippen LogP contribution in [0.2, 0.25) is 0 Å². The molecular weight excluding hydrogens is 703 g/mol. The Bertz CT molecular complexity index is 3170. The topological polar surface area (TPSA) is 51.8 Å². The number of hydrogen-bond acceptors (Lipinski definition) is 5. The Morgan fingerprint density at radius 3 is 1.57 bits per heavy atom. The molecule has 0 N–H and O–H groups in total. The molecule has 56 heavy (non-hydrogen) atoms. The van der Waals surface area contributed by atoms with Gasteiger partial charge in [-0.2, -0.15) is 0 Å². The van der Waals surface area contributed by atoms with Gasteiger partial charge in [-0.3, -0.25) is 0 Å². The van der Waals surface area contributed by atoms with Gasteiger partial charge in [0.25, 0.3) is 0 Å². The van der Waals surface area contributed by atoms with E-state index in [1.54, 1.807) is 11.3 Å². The summed E-state index contributed by atoms with van der Waals surface area (Å²) in [6, 6.07) is 65.8. The molecule has 0 aliphatic heterocycles. The Labute approximate surface area is 327 Å². The van der Waals surface area contributed by atoms with E-state index in [1.807, 2.05) is 66.7 Å². The number of benzene rings is 8. The van der Waals surface area contributed by atoms with E-state index in [9.17, 15) is 0 Å². The molecule has 262 valence electrons. The summed E-state index contributed by atoms with van der Waals surface area (Å²) in [4.78, 5) is 14.9. The van der Waals surface area contributed by atoms with E-state index in [0.29, 0.717) is 17.5 Å². The van der Waals surface area contributed by atoms with Gasteiger partial charge in [0.15, 0.2) is 17.5 Å². The standard InChI is InChI=1S/C51H31N3OS/c1-4-13-32(14-5-1)33-23-25-34(26-24-33)38-29-42-39-19-10-11-21-44(39)55-48(42)43(30-38)40-20-12-22-45-47(40)41-28-27-37(31-46(41)56-45)51-53-49(35-15-6-2-7-16-35)52-50(54-51)36-17-8-3-9-18-36/h1-31H. The molecule has 0 unspecified atom stereocenters. The fourth-order valence-electron chi connectivity index (χ4n) is 7.81. The van der Waals surface area contributed by atoms with Gasteiger partial charge < -0.3 is 4.42 Å². The van der Waals surface area contributed by atoms with Crippen LogP contribution in [-0.2, 0) is 0 Å². The molecule has 8 aromatic carbocycles. The molecule has 3 heterocycles. The van der Waals surface area contributed by atoms with Crippen LogP contribution in [0.1, 0.15) is 0 Å². The van der Waals surface area contributed by atoms with Crippen molar-refractivity contribution in [3.8, 4) is 67.5 Å². The molecule has 0 saturated carbocycles. The first-order valence-corrected chi connectivity index (χ1v) is 19.5. The number of fused-ring (bicyclic) bond motifs is 6. The Kier molecular flexibility index (Phi) is 7.64. The van der Waals surface area contributed by atoms with Crippen LogP contribution < -0.4 is 0 Å². The summed E-state index contributed by atoms with van der Waals surface area (Å²) in [5, 5.41) is 4.62. The molecule has 0 spiro atoms. The maximum absolute atomic E-state index is 6.70. The molecule has 0 fully saturated rings. The molecule has 0 aliphatic rings. The molecule has 11 aromatic rings. The molecule has 0 bridgehead atoms. The van der Waals surface area contributed by atoms with Crippen LogP contribution in [0, 0.1) is 0 Å². The molecule has 11 rings (SSSR count). The van der Waals surface area contributed by atoms with Crippen LogP contribution in [-0.4, -0.2) is 15.0 Å². The molecule has 0 radical (unpaired) electrons. The van der Waals surface area contributed by atoms with E-state index in [2.05, 4.69) is 121 Å². The molecule has 4 nitrogen and oxygen atoms in total. The lowest BCUT2D eigenvalue weighted by atomic mass is 9.92. The van der Waals surface area contributed by atoms with Crippen molar-refractivity contribution in [3.63, 3.8) is 0 Å². The van der Waals surface area contributed by atoms with Gasteiger partial charge in [-0.1, -0.05) is 158 Å². The molecule has 0 atom stereocenters. The number of aromatic nitrogens is 3. The zero-order chi connectivity index (χ0) is 37.0. The molecule has 0 aliphatic carbocycles. The quantitative estimate of drug-likeness (QED) is 0.171. The van der Waals surface area contributed by atoms with Crippen molar-refractivity contribution in [2.75, 3.05) is 0 Å². The largest absolute Gasteiger partial charge is 0.455 e. The monoisotopic (exact) mass is 733 g/mol. The van der Waals surface area contributed by atoms with Crippen molar-refractivity contribution in [2.24, 2.45) is 0 Å². The summed E-state index contributed by atoms with van der Waals surface area (Å²) < 4.78 is 9.07. The van der Waals surface area contributed by atoms with E-state index in [-0.39, 0.29) is 0 Å². The minimum absolute atomic E-state index is 0.646. The Hall–Kier alpha value is -7.21. The van der Waals surface area contributed by atoms with Crippen molar-refractivity contribution >= 4 is 53.4 Å².